The van der Waals surface area contributed by atoms with Crippen LogP contribution in [-0.2, 0) is 0 Å². The number of halogens is 2. The van der Waals surface area contributed by atoms with Gasteiger partial charge in [-0.2, -0.15) is 0 Å². The quantitative estimate of drug-likeness (QED) is 0.358. The first-order valence-corrected chi connectivity index (χ1v) is 8.28. The number of hydrogen-bond acceptors (Lipinski definition) is 0. The Morgan fingerprint density at radius 1 is 0.947 bits per heavy atom. The van der Waals surface area contributed by atoms with Crippen LogP contribution >= 0.6 is 23.2 Å². The van der Waals surface area contributed by atoms with Crippen molar-refractivity contribution in [1.29, 1.82) is 0 Å². The molecule has 0 bridgehead atoms. The first-order valence-electron chi connectivity index (χ1n) is 7.47. The summed E-state index contributed by atoms with van der Waals surface area (Å²) in [5.41, 5.74) is 3.60. The van der Waals surface area contributed by atoms with Crippen LogP contribution in [0.5, 0.6) is 0 Å². The molecular formula is C17H26Cl2. The van der Waals surface area contributed by atoms with Gasteiger partial charge in [0.25, 0.3) is 0 Å². The fourth-order valence-electron chi connectivity index (χ4n) is 2.30. The van der Waals surface area contributed by atoms with Crippen molar-refractivity contribution in [3.05, 3.63) is 33.8 Å². The molecule has 0 spiro atoms. The maximum atomic E-state index is 6.49. The summed E-state index contributed by atoms with van der Waals surface area (Å²) in [6.45, 7) is 6.45. The molecule has 0 saturated carbocycles. The van der Waals surface area contributed by atoms with Crippen LogP contribution in [0.4, 0.5) is 0 Å². The SMILES string of the molecule is CCCCCCCCC(Cl)c1cc(C)c(C)cc1Cl. The average Bonchev–Trinajstić information content (AvgIpc) is 2.37. The topological polar surface area (TPSA) is 0 Å². The second-order valence-corrected chi connectivity index (χ2v) is 6.42. The fourth-order valence-corrected chi connectivity index (χ4v) is 3.04. The van der Waals surface area contributed by atoms with E-state index in [1.165, 1.54) is 49.7 Å². The Morgan fingerprint density at radius 2 is 1.53 bits per heavy atom. The maximum Gasteiger partial charge on any atom is 0.0600 e. The molecule has 1 atom stereocenters. The van der Waals surface area contributed by atoms with Crippen molar-refractivity contribution in [2.75, 3.05) is 0 Å². The van der Waals surface area contributed by atoms with E-state index in [9.17, 15) is 0 Å². The van der Waals surface area contributed by atoms with Gasteiger partial charge < -0.3 is 0 Å². The summed E-state index contributed by atoms with van der Waals surface area (Å²) in [4.78, 5) is 0. The normalized spacial score (nSPS) is 12.7. The van der Waals surface area contributed by atoms with Gasteiger partial charge in [0.1, 0.15) is 0 Å². The summed E-state index contributed by atoms with van der Waals surface area (Å²) in [5.74, 6) is 0. The highest BCUT2D eigenvalue weighted by atomic mass is 35.5. The predicted octanol–water partition coefficient (Wildman–Crippen LogP) is 6.99. The monoisotopic (exact) mass is 300 g/mol. The summed E-state index contributed by atoms with van der Waals surface area (Å²) in [6, 6.07) is 4.18. The van der Waals surface area contributed by atoms with E-state index in [2.05, 4.69) is 26.8 Å². The Balaban J connectivity index is 2.41. The second-order valence-electron chi connectivity index (χ2n) is 5.48. The van der Waals surface area contributed by atoms with Crippen molar-refractivity contribution in [1.82, 2.24) is 0 Å². The Morgan fingerprint density at radius 3 is 2.21 bits per heavy atom. The third-order valence-corrected chi connectivity index (χ3v) is 4.54. The Bertz CT molecular complexity index is 385. The number of unbranched alkanes of at least 4 members (excludes halogenated alkanes) is 5. The van der Waals surface area contributed by atoms with Crippen LogP contribution in [-0.4, -0.2) is 0 Å². The highest BCUT2D eigenvalue weighted by Crippen LogP contribution is 2.33. The van der Waals surface area contributed by atoms with Gasteiger partial charge in [-0.25, -0.2) is 0 Å². The van der Waals surface area contributed by atoms with Crippen molar-refractivity contribution in [3.63, 3.8) is 0 Å². The van der Waals surface area contributed by atoms with E-state index < -0.39 is 0 Å². The lowest BCUT2D eigenvalue weighted by molar-refractivity contribution is 0.584. The molecule has 0 saturated heterocycles. The minimum Gasteiger partial charge on any atom is -0.118 e. The molecule has 1 aromatic rings. The molecule has 0 aromatic heterocycles. The molecule has 0 amide bonds. The minimum absolute atomic E-state index is 0.0537. The first kappa shape index (κ1) is 16.9. The predicted molar refractivity (Wildman–Crippen MR) is 87.5 cm³/mol. The number of alkyl halides is 1. The third-order valence-electron chi connectivity index (χ3n) is 3.76. The van der Waals surface area contributed by atoms with Gasteiger partial charge in [-0.1, -0.05) is 63.1 Å². The van der Waals surface area contributed by atoms with E-state index in [0.29, 0.717) is 0 Å². The van der Waals surface area contributed by atoms with Gasteiger partial charge in [-0.15, -0.1) is 11.6 Å². The molecule has 19 heavy (non-hydrogen) atoms. The fraction of sp³-hybridized carbons (Fsp3) is 0.647. The molecule has 108 valence electrons. The van der Waals surface area contributed by atoms with Crippen LogP contribution in [0, 0.1) is 13.8 Å². The molecular weight excluding hydrogens is 275 g/mol. The van der Waals surface area contributed by atoms with Crippen molar-refractivity contribution < 1.29 is 0 Å². The first-order chi connectivity index (χ1) is 9.06. The average molecular weight is 301 g/mol. The summed E-state index contributed by atoms with van der Waals surface area (Å²) in [7, 11) is 0. The van der Waals surface area contributed by atoms with Crippen LogP contribution < -0.4 is 0 Å². The van der Waals surface area contributed by atoms with E-state index in [1.807, 2.05) is 6.07 Å². The lowest BCUT2D eigenvalue weighted by atomic mass is 10.0. The second kappa shape index (κ2) is 8.87. The van der Waals surface area contributed by atoms with Gasteiger partial charge in [-0.05, 0) is 43.0 Å². The van der Waals surface area contributed by atoms with Gasteiger partial charge in [-0.3, -0.25) is 0 Å². The van der Waals surface area contributed by atoms with Crippen LogP contribution in [0.25, 0.3) is 0 Å². The molecule has 0 heterocycles. The summed E-state index contributed by atoms with van der Waals surface area (Å²) >= 11 is 12.8. The molecule has 0 N–H and O–H groups in total. The molecule has 1 aromatic carbocycles. The van der Waals surface area contributed by atoms with E-state index in [1.54, 1.807) is 0 Å². The zero-order valence-electron chi connectivity index (χ0n) is 12.4. The molecule has 0 nitrogen and oxygen atoms in total. The zero-order chi connectivity index (χ0) is 14.3. The Hall–Kier alpha value is -0.200. The van der Waals surface area contributed by atoms with E-state index in [4.69, 9.17) is 23.2 Å². The van der Waals surface area contributed by atoms with E-state index in [-0.39, 0.29) is 5.38 Å². The molecule has 0 aliphatic heterocycles. The van der Waals surface area contributed by atoms with Crippen molar-refractivity contribution in [2.45, 2.75) is 71.1 Å². The summed E-state index contributed by atoms with van der Waals surface area (Å²) < 4.78 is 0. The van der Waals surface area contributed by atoms with Crippen molar-refractivity contribution in [3.8, 4) is 0 Å². The standard InChI is InChI=1S/C17H26Cl2/c1-4-5-6-7-8-9-10-16(18)15-11-13(2)14(3)12-17(15)19/h11-12,16H,4-10H2,1-3H3. The van der Waals surface area contributed by atoms with Gasteiger partial charge in [0.2, 0.25) is 0 Å². The number of benzene rings is 1. The van der Waals surface area contributed by atoms with Crippen LogP contribution in [0.15, 0.2) is 12.1 Å². The van der Waals surface area contributed by atoms with Crippen LogP contribution in [0.2, 0.25) is 5.02 Å². The number of rotatable bonds is 8. The van der Waals surface area contributed by atoms with Gasteiger partial charge in [0.15, 0.2) is 0 Å². The van der Waals surface area contributed by atoms with E-state index >= 15 is 0 Å². The molecule has 1 rings (SSSR count). The Labute approximate surface area is 128 Å². The molecule has 0 radical (unpaired) electrons. The lowest BCUT2D eigenvalue weighted by Gasteiger charge is -2.14. The van der Waals surface area contributed by atoms with Crippen molar-refractivity contribution >= 4 is 23.2 Å². The maximum absolute atomic E-state index is 6.49. The van der Waals surface area contributed by atoms with Crippen LogP contribution in [0.1, 0.15) is 73.9 Å². The van der Waals surface area contributed by atoms with Crippen molar-refractivity contribution in [2.24, 2.45) is 0 Å². The smallest absolute Gasteiger partial charge is 0.0600 e. The molecule has 1 unspecified atom stereocenters. The highest BCUT2D eigenvalue weighted by Gasteiger charge is 2.12. The molecule has 2 heteroatoms. The number of hydrogen-bond donors (Lipinski definition) is 0. The van der Waals surface area contributed by atoms with Crippen LogP contribution in [0.3, 0.4) is 0 Å². The molecule has 0 aliphatic rings. The molecule has 0 fully saturated rings. The lowest BCUT2D eigenvalue weighted by Crippen LogP contribution is -1.95. The van der Waals surface area contributed by atoms with Gasteiger partial charge in [0, 0.05) is 5.02 Å². The minimum atomic E-state index is 0.0537. The summed E-state index contributed by atoms with van der Waals surface area (Å²) in [6.07, 6.45) is 8.85. The third kappa shape index (κ3) is 5.75. The highest BCUT2D eigenvalue weighted by molar-refractivity contribution is 6.32. The van der Waals surface area contributed by atoms with Gasteiger partial charge >= 0.3 is 0 Å². The molecule has 0 aliphatic carbocycles. The summed E-state index contributed by atoms with van der Waals surface area (Å²) in [5, 5.41) is 0.868. The Kier molecular flexibility index (Phi) is 7.87. The van der Waals surface area contributed by atoms with E-state index in [0.717, 1.165) is 17.0 Å². The number of aryl methyl sites for hydroxylation is 2. The zero-order valence-corrected chi connectivity index (χ0v) is 13.9. The van der Waals surface area contributed by atoms with Gasteiger partial charge in [0.05, 0.1) is 5.38 Å². The largest absolute Gasteiger partial charge is 0.118 e.